The second kappa shape index (κ2) is 5.37. The fourth-order valence-electron chi connectivity index (χ4n) is 1.70. The standard InChI is InChI=1S/C12H16N2OS/c1-9(10-5-3-2-4-6-10)14-12(15)11-7-16-8-13-11/h2-6,9,11,13H,7-8H2,1H3,(H,14,15)/t9-,11?/m1/s1. The summed E-state index contributed by atoms with van der Waals surface area (Å²) in [6, 6.07) is 10.1. The monoisotopic (exact) mass is 236 g/mol. The van der Waals surface area contributed by atoms with Gasteiger partial charge in [0.25, 0.3) is 0 Å². The van der Waals surface area contributed by atoms with E-state index in [4.69, 9.17) is 0 Å². The zero-order chi connectivity index (χ0) is 11.4. The van der Waals surface area contributed by atoms with E-state index >= 15 is 0 Å². The van der Waals surface area contributed by atoms with E-state index in [9.17, 15) is 4.79 Å². The third kappa shape index (κ3) is 2.77. The average Bonchev–Trinajstić information content (AvgIpc) is 2.83. The number of hydrogen-bond acceptors (Lipinski definition) is 3. The largest absolute Gasteiger partial charge is 0.348 e. The first-order chi connectivity index (χ1) is 7.77. The van der Waals surface area contributed by atoms with Gasteiger partial charge in [0.15, 0.2) is 0 Å². The van der Waals surface area contributed by atoms with Gasteiger partial charge in [0, 0.05) is 11.6 Å². The molecule has 3 nitrogen and oxygen atoms in total. The molecule has 2 N–H and O–H groups in total. The molecule has 1 aromatic rings. The predicted molar refractivity (Wildman–Crippen MR) is 67.2 cm³/mol. The molecule has 16 heavy (non-hydrogen) atoms. The lowest BCUT2D eigenvalue weighted by molar-refractivity contribution is -0.123. The van der Waals surface area contributed by atoms with Crippen LogP contribution in [-0.2, 0) is 4.79 Å². The Morgan fingerprint density at radius 2 is 2.25 bits per heavy atom. The van der Waals surface area contributed by atoms with E-state index in [1.165, 1.54) is 0 Å². The van der Waals surface area contributed by atoms with Crippen molar-refractivity contribution in [1.82, 2.24) is 10.6 Å². The molecule has 4 heteroatoms. The van der Waals surface area contributed by atoms with Crippen LogP contribution >= 0.6 is 11.8 Å². The van der Waals surface area contributed by atoms with Crippen LogP contribution in [0.15, 0.2) is 30.3 Å². The molecule has 2 atom stereocenters. The predicted octanol–water partition coefficient (Wildman–Crippen LogP) is 1.53. The fourth-order valence-corrected chi connectivity index (χ4v) is 2.64. The zero-order valence-electron chi connectivity index (χ0n) is 9.27. The van der Waals surface area contributed by atoms with E-state index in [0.717, 1.165) is 17.2 Å². The number of rotatable bonds is 3. The summed E-state index contributed by atoms with van der Waals surface area (Å²) < 4.78 is 0. The number of carbonyl (C=O) groups is 1. The molecule has 0 spiro atoms. The van der Waals surface area contributed by atoms with Crippen LogP contribution in [0.25, 0.3) is 0 Å². The second-order valence-corrected chi connectivity index (χ2v) is 4.94. The molecule has 1 saturated heterocycles. The normalized spacial score (nSPS) is 21.7. The van der Waals surface area contributed by atoms with Crippen LogP contribution < -0.4 is 10.6 Å². The molecule has 0 radical (unpaired) electrons. The van der Waals surface area contributed by atoms with Gasteiger partial charge < -0.3 is 5.32 Å². The number of amides is 1. The van der Waals surface area contributed by atoms with E-state index in [2.05, 4.69) is 10.6 Å². The number of thioether (sulfide) groups is 1. The van der Waals surface area contributed by atoms with Gasteiger partial charge in [-0.2, -0.15) is 0 Å². The summed E-state index contributed by atoms with van der Waals surface area (Å²) >= 11 is 1.76. The summed E-state index contributed by atoms with van der Waals surface area (Å²) in [5, 5.41) is 6.19. The van der Waals surface area contributed by atoms with E-state index in [1.54, 1.807) is 11.8 Å². The Morgan fingerprint density at radius 3 is 2.88 bits per heavy atom. The SMILES string of the molecule is C[C@@H](NC(=O)C1CSCN1)c1ccccc1. The summed E-state index contributed by atoms with van der Waals surface area (Å²) in [6.45, 7) is 2.01. The molecule has 2 rings (SSSR count). The molecule has 1 aromatic carbocycles. The maximum Gasteiger partial charge on any atom is 0.238 e. The molecule has 0 aliphatic carbocycles. The quantitative estimate of drug-likeness (QED) is 0.836. The van der Waals surface area contributed by atoms with Crippen LogP contribution in [0.3, 0.4) is 0 Å². The van der Waals surface area contributed by atoms with Crippen LogP contribution in [0.4, 0.5) is 0 Å². The molecule has 1 amide bonds. The maximum absolute atomic E-state index is 11.8. The van der Waals surface area contributed by atoms with Crippen molar-refractivity contribution in [2.45, 2.75) is 19.0 Å². The molecular weight excluding hydrogens is 220 g/mol. The van der Waals surface area contributed by atoms with Crippen LogP contribution in [0.5, 0.6) is 0 Å². The van der Waals surface area contributed by atoms with Crippen molar-refractivity contribution in [3.63, 3.8) is 0 Å². The Kier molecular flexibility index (Phi) is 3.85. The lowest BCUT2D eigenvalue weighted by atomic mass is 10.1. The molecule has 1 heterocycles. The van der Waals surface area contributed by atoms with Crippen LogP contribution in [0, 0.1) is 0 Å². The highest BCUT2D eigenvalue weighted by atomic mass is 32.2. The van der Waals surface area contributed by atoms with E-state index in [1.807, 2.05) is 37.3 Å². The number of carbonyl (C=O) groups excluding carboxylic acids is 1. The summed E-state index contributed by atoms with van der Waals surface area (Å²) in [7, 11) is 0. The molecule has 1 unspecified atom stereocenters. The topological polar surface area (TPSA) is 41.1 Å². The summed E-state index contributed by atoms with van der Waals surface area (Å²) in [4.78, 5) is 11.8. The van der Waals surface area contributed by atoms with Crippen molar-refractivity contribution >= 4 is 17.7 Å². The van der Waals surface area contributed by atoms with Gasteiger partial charge >= 0.3 is 0 Å². The van der Waals surface area contributed by atoms with Crippen LogP contribution in [0.2, 0.25) is 0 Å². The van der Waals surface area contributed by atoms with Gasteiger partial charge in [-0.25, -0.2) is 0 Å². The first-order valence-electron chi connectivity index (χ1n) is 5.44. The van der Waals surface area contributed by atoms with Gasteiger partial charge in [-0.1, -0.05) is 30.3 Å². The highest BCUT2D eigenvalue weighted by Crippen LogP contribution is 2.14. The third-order valence-electron chi connectivity index (χ3n) is 2.69. The molecule has 1 aliphatic heterocycles. The number of hydrogen-bond donors (Lipinski definition) is 2. The Morgan fingerprint density at radius 1 is 1.50 bits per heavy atom. The second-order valence-electron chi connectivity index (χ2n) is 3.91. The van der Waals surface area contributed by atoms with E-state index in [-0.39, 0.29) is 18.0 Å². The van der Waals surface area contributed by atoms with Crippen molar-refractivity contribution in [2.24, 2.45) is 0 Å². The molecular formula is C12H16N2OS. The smallest absolute Gasteiger partial charge is 0.238 e. The van der Waals surface area contributed by atoms with Gasteiger partial charge in [-0.15, -0.1) is 11.8 Å². The molecule has 0 aromatic heterocycles. The minimum atomic E-state index is -0.0313. The van der Waals surface area contributed by atoms with Crippen molar-refractivity contribution in [3.8, 4) is 0 Å². The van der Waals surface area contributed by atoms with Gasteiger partial charge in [-0.05, 0) is 12.5 Å². The zero-order valence-corrected chi connectivity index (χ0v) is 10.1. The molecule has 86 valence electrons. The molecule has 0 bridgehead atoms. The highest BCUT2D eigenvalue weighted by molar-refractivity contribution is 7.99. The van der Waals surface area contributed by atoms with Crippen molar-refractivity contribution in [1.29, 1.82) is 0 Å². The van der Waals surface area contributed by atoms with E-state index < -0.39 is 0 Å². The minimum Gasteiger partial charge on any atom is -0.348 e. The van der Waals surface area contributed by atoms with Crippen molar-refractivity contribution in [3.05, 3.63) is 35.9 Å². The number of nitrogens with one attached hydrogen (secondary N) is 2. The Hall–Kier alpha value is -1.00. The number of benzene rings is 1. The van der Waals surface area contributed by atoms with E-state index in [0.29, 0.717) is 0 Å². The Bertz CT molecular complexity index is 349. The average molecular weight is 236 g/mol. The first-order valence-corrected chi connectivity index (χ1v) is 6.59. The Balaban J connectivity index is 1.92. The minimum absolute atomic E-state index is 0.0313. The summed E-state index contributed by atoms with van der Waals surface area (Å²) in [5.41, 5.74) is 1.14. The maximum atomic E-state index is 11.8. The van der Waals surface area contributed by atoms with Gasteiger partial charge in [0.05, 0.1) is 12.1 Å². The van der Waals surface area contributed by atoms with Gasteiger partial charge in [0.2, 0.25) is 5.91 Å². The molecule has 0 saturated carbocycles. The Labute approximate surface area is 100.0 Å². The van der Waals surface area contributed by atoms with Gasteiger partial charge in [0.1, 0.15) is 0 Å². The first kappa shape index (κ1) is 11.5. The van der Waals surface area contributed by atoms with Crippen LogP contribution in [0.1, 0.15) is 18.5 Å². The summed E-state index contributed by atoms with van der Waals surface area (Å²) in [5.74, 6) is 1.84. The molecule has 1 aliphatic rings. The molecule has 1 fully saturated rings. The lowest BCUT2D eigenvalue weighted by Crippen LogP contribution is -2.42. The summed E-state index contributed by atoms with van der Waals surface area (Å²) in [6.07, 6.45) is 0. The third-order valence-corrected chi connectivity index (χ3v) is 3.63. The lowest BCUT2D eigenvalue weighted by Gasteiger charge is -2.17. The van der Waals surface area contributed by atoms with Crippen molar-refractivity contribution in [2.75, 3.05) is 11.6 Å². The van der Waals surface area contributed by atoms with Crippen molar-refractivity contribution < 1.29 is 4.79 Å². The van der Waals surface area contributed by atoms with Gasteiger partial charge in [-0.3, -0.25) is 10.1 Å². The van der Waals surface area contributed by atoms with Crippen LogP contribution in [-0.4, -0.2) is 23.6 Å². The fraction of sp³-hybridized carbons (Fsp3) is 0.417. The highest BCUT2D eigenvalue weighted by Gasteiger charge is 2.23.